The van der Waals surface area contributed by atoms with E-state index in [0.29, 0.717) is 6.42 Å². The summed E-state index contributed by atoms with van der Waals surface area (Å²) in [5.41, 5.74) is 5.79. The number of thiazole rings is 1. The molecule has 0 bridgehead atoms. The molecule has 4 rings (SSSR count). The van der Waals surface area contributed by atoms with Crippen molar-refractivity contribution in [3.8, 4) is 11.3 Å². The Hall–Kier alpha value is -2.18. The first-order valence-corrected chi connectivity index (χ1v) is 12.0. The van der Waals surface area contributed by atoms with Crippen molar-refractivity contribution in [1.82, 2.24) is 9.47 Å². The van der Waals surface area contributed by atoms with Gasteiger partial charge in [0.1, 0.15) is 0 Å². The van der Waals surface area contributed by atoms with Gasteiger partial charge in [0.05, 0.1) is 11.4 Å². The fraction of sp³-hybridized carbons (Fsp3) is 0.333. The lowest BCUT2D eigenvalue weighted by Crippen LogP contribution is -2.27. The van der Waals surface area contributed by atoms with E-state index in [2.05, 4.69) is 76.1 Å². The Balaban J connectivity index is 1.71. The van der Waals surface area contributed by atoms with Gasteiger partial charge in [-0.3, -0.25) is 4.79 Å². The molecule has 1 fully saturated rings. The van der Waals surface area contributed by atoms with Crippen LogP contribution in [0.25, 0.3) is 11.3 Å². The maximum Gasteiger partial charge on any atom is 0.222 e. The molecule has 1 aliphatic rings. The third kappa shape index (κ3) is 4.44. The van der Waals surface area contributed by atoms with E-state index in [1.165, 1.54) is 11.1 Å². The Labute approximate surface area is 190 Å². The van der Waals surface area contributed by atoms with Crippen LogP contribution >= 0.6 is 27.3 Å². The van der Waals surface area contributed by atoms with Gasteiger partial charge in [-0.2, -0.15) is 0 Å². The number of rotatable bonds is 6. The SMILES string of the molecule is Cc1cccc(N=c2scc(-c3ccccc3Br)n2CCCN2CCCC2=O)c1C. The summed E-state index contributed by atoms with van der Waals surface area (Å²) in [6.45, 7) is 6.77. The van der Waals surface area contributed by atoms with Gasteiger partial charge in [-0.25, -0.2) is 4.99 Å². The van der Waals surface area contributed by atoms with Crippen LogP contribution < -0.4 is 4.80 Å². The maximum atomic E-state index is 12.0. The molecule has 0 unspecified atom stereocenters. The number of halogens is 1. The van der Waals surface area contributed by atoms with Gasteiger partial charge in [0, 0.05) is 41.5 Å². The van der Waals surface area contributed by atoms with E-state index < -0.39 is 0 Å². The Kier molecular flexibility index (Phi) is 6.54. The highest BCUT2D eigenvalue weighted by Crippen LogP contribution is 2.29. The summed E-state index contributed by atoms with van der Waals surface area (Å²) in [4.78, 5) is 20.0. The number of amides is 1. The second-order valence-electron chi connectivity index (χ2n) is 7.70. The molecule has 156 valence electrons. The van der Waals surface area contributed by atoms with Crippen molar-refractivity contribution in [2.75, 3.05) is 13.1 Å². The predicted molar refractivity (Wildman–Crippen MR) is 127 cm³/mol. The molecule has 1 amide bonds. The highest BCUT2D eigenvalue weighted by Gasteiger charge is 2.19. The zero-order valence-electron chi connectivity index (χ0n) is 17.4. The van der Waals surface area contributed by atoms with E-state index in [0.717, 1.165) is 58.7 Å². The lowest BCUT2D eigenvalue weighted by Gasteiger charge is -2.16. The minimum atomic E-state index is 0.289. The second kappa shape index (κ2) is 9.31. The van der Waals surface area contributed by atoms with Crippen LogP contribution in [0.2, 0.25) is 0 Å². The summed E-state index contributed by atoms with van der Waals surface area (Å²) in [6.07, 6.45) is 2.60. The Bertz CT molecular complexity index is 1130. The average molecular weight is 484 g/mol. The first-order chi connectivity index (χ1) is 14.5. The highest BCUT2D eigenvalue weighted by molar-refractivity contribution is 9.10. The van der Waals surface area contributed by atoms with Crippen molar-refractivity contribution in [3.05, 3.63) is 68.2 Å². The van der Waals surface area contributed by atoms with Crippen molar-refractivity contribution >= 4 is 38.9 Å². The minimum absolute atomic E-state index is 0.289. The minimum Gasteiger partial charge on any atom is -0.343 e. The van der Waals surface area contributed by atoms with Crippen LogP contribution in [0, 0.1) is 13.8 Å². The number of benzene rings is 2. The van der Waals surface area contributed by atoms with Gasteiger partial charge in [-0.15, -0.1) is 11.3 Å². The number of aryl methyl sites for hydroxylation is 1. The lowest BCUT2D eigenvalue weighted by atomic mass is 10.1. The van der Waals surface area contributed by atoms with E-state index in [1.807, 2.05) is 11.0 Å². The maximum absolute atomic E-state index is 12.0. The fourth-order valence-electron chi connectivity index (χ4n) is 3.84. The van der Waals surface area contributed by atoms with E-state index in [1.54, 1.807) is 11.3 Å². The smallest absolute Gasteiger partial charge is 0.222 e. The topological polar surface area (TPSA) is 37.6 Å². The molecule has 6 heteroatoms. The molecule has 3 aromatic rings. The molecule has 1 aromatic heterocycles. The van der Waals surface area contributed by atoms with Crippen LogP contribution in [0.4, 0.5) is 5.69 Å². The summed E-state index contributed by atoms with van der Waals surface area (Å²) in [5.74, 6) is 0.289. The summed E-state index contributed by atoms with van der Waals surface area (Å²) < 4.78 is 3.37. The first kappa shape index (κ1) is 21.1. The third-order valence-electron chi connectivity index (χ3n) is 5.72. The van der Waals surface area contributed by atoms with Gasteiger partial charge < -0.3 is 9.47 Å². The lowest BCUT2D eigenvalue weighted by molar-refractivity contribution is -0.127. The van der Waals surface area contributed by atoms with E-state index >= 15 is 0 Å². The number of carbonyl (C=O) groups is 1. The van der Waals surface area contributed by atoms with Gasteiger partial charge in [0.25, 0.3) is 0 Å². The van der Waals surface area contributed by atoms with E-state index in [-0.39, 0.29) is 5.91 Å². The standard InChI is InChI=1S/C24H26BrN3OS/c1-17-8-5-11-21(18(17)2)26-24-28(15-7-14-27-13-6-12-23(27)29)22(16-30-24)19-9-3-4-10-20(19)25/h3-5,8-11,16H,6-7,12-15H2,1-2H3. The van der Waals surface area contributed by atoms with Crippen LogP contribution in [-0.2, 0) is 11.3 Å². The predicted octanol–water partition coefficient (Wildman–Crippen LogP) is 5.84. The Morgan fingerprint density at radius 3 is 2.70 bits per heavy atom. The molecule has 0 atom stereocenters. The molecule has 2 heterocycles. The van der Waals surface area contributed by atoms with Crippen LogP contribution in [0.5, 0.6) is 0 Å². The monoisotopic (exact) mass is 483 g/mol. The zero-order chi connectivity index (χ0) is 21.1. The van der Waals surface area contributed by atoms with Gasteiger partial charge in [0.15, 0.2) is 4.80 Å². The molecule has 1 saturated heterocycles. The molecule has 4 nitrogen and oxygen atoms in total. The molecular weight excluding hydrogens is 458 g/mol. The van der Waals surface area contributed by atoms with Gasteiger partial charge in [-0.1, -0.05) is 46.3 Å². The summed E-state index contributed by atoms with van der Waals surface area (Å²) in [5, 5.41) is 2.19. The molecule has 30 heavy (non-hydrogen) atoms. The molecule has 0 aliphatic carbocycles. The molecule has 0 N–H and O–H groups in total. The highest BCUT2D eigenvalue weighted by atomic mass is 79.9. The van der Waals surface area contributed by atoms with E-state index in [4.69, 9.17) is 4.99 Å². The number of hydrogen-bond acceptors (Lipinski definition) is 3. The fourth-order valence-corrected chi connectivity index (χ4v) is 5.27. The van der Waals surface area contributed by atoms with Gasteiger partial charge in [-0.05, 0) is 49.9 Å². The molecule has 1 aliphatic heterocycles. The molecule has 0 spiro atoms. The third-order valence-corrected chi connectivity index (χ3v) is 7.28. The number of likely N-dealkylation sites (tertiary alicyclic amines) is 1. The number of carbonyl (C=O) groups excluding carboxylic acids is 1. The second-order valence-corrected chi connectivity index (χ2v) is 9.39. The summed E-state index contributed by atoms with van der Waals surface area (Å²) >= 11 is 5.37. The molecule has 0 saturated carbocycles. The number of nitrogens with zero attached hydrogens (tertiary/aromatic N) is 3. The largest absolute Gasteiger partial charge is 0.343 e. The average Bonchev–Trinajstić information content (AvgIpc) is 3.32. The zero-order valence-corrected chi connectivity index (χ0v) is 19.8. The van der Waals surface area contributed by atoms with Gasteiger partial charge >= 0.3 is 0 Å². The Morgan fingerprint density at radius 1 is 1.10 bits per heavy atom. The van der Waals surface area contributed by atoms with Crippen molar-refractivity contribution < 1.29 is 4.79 Å². The van der Waals surface area contributed by atoms with Gasteiger partial charge in [0.2, 0.25) is 5.91 Å². The van der Waals surface area contributed by atoms with Crippen LogP contribution in [0.1, 0.15) is 30.4 Å². The first-order valence-electron chi connectivity index (χ1n) is 10.4. The van der Waals surface area contributed by atoms with Crippen molar-refractivity contribution in [2.24, 2.45) is 4.99 Å². The van der Waals surface area contributed by atoms with Crippen LogP contribution in [0.15, 0.2) is 57.3 Å². The summed E-state index contributed by atoms with van der Waals surface area (Å²) in [7, 11) is 0. The van der Waals surface area contributed by atoms with E-state index in [9.17, 15) is 4.79 Å². The molecule has 2 aromatic carbocycles. The molecule has 0 radical (unpaired) electrons. The Morgan fingerprint density at radius 2 is 1.93 bits per heavy atom. The molecular formula is C24H26BrN3OS. The normalized spacial score (nSPS) is 14.7. The quantitative estimate of drug-likeness (QED) is 0.433. The number of hydrogen-bond donors (Lipinski definition) is 0. The van der Waals surface area contributed by atoms with Crippen LogP contribution in [0.3, 0.4) is 0 Å². The van der Waals surface area contributed by atoms with Crippen molar-refractivity contribution in [3.63, 3.8) is 0 Å². The number of aromatic nitrogens is 1. The van der Waals surface area contributed by atoms with Crippen molar-refractivity contribution in [1.29, 1.82) is 0 Å². The summed E-state index contributed by atoms with van der Waals surface area (Å²) in [6, 6.07) is 14.6. The van der Waals surface area contributed by atoms with Crippen LogP contribution in [-0.4, -0.2) is 28.5 Å². The van der Waals surface area contributed by atoms with Crippen molar-refractivity contribution in [2.45, 2.75) is 39.7 Å².